The zero-order valence-electron chi connectivity index (χ0n) is 13.9. The van der Waals surface area contributed by atoms with Crippen molar-refractivity contribution >= 4 is 21.8 Å². The van der Waals surface area contributed by atoms with Crippen LogP contribution in [0.25, 0.3) is 0 Å². The van der Waals surface area contributed by atoms with Gasteiger partial charge in [0.05, 0.1) is 19.8 Å². The molecule has 0 fully saturated rings. The number of hydrogen-bond acceptors (Lipinski definition) is 3. The van der Waals surface area contributed by atoms with Crippen molar-refractivity contribution in [3.8, 4) is 11.5 Å². The van der Waals surface area contributed by atoms with E-state index in [4.69, 9.17) is 9.47 Å². The lowest BCUT2D eigenvalue weighted by Crippen LogP contribution is -2.26. The smallest absolute Gasteiger partial charge is 0.220 e. The lowest BCUT2D eigenvalue weighted by Gasteiger charge is -2.14. The highest BCUT2D eigenvalue weighted by Gasteiger charge is 2.09. The van der Waals surface area contributed by atoms with Crippen molar-refractivity contribution in [2.45, 2.75) is 25.8 Å². The molecule has 0 radical (unpaired) electrons. The van der Waals surface area contributed by atoms with Gasteiger partial charge in [-0.3, -0.25) is 4.79 Å². The molecule has 24 heavy (non-hydrogen) atoms. The third-order valence-electron chi connectivity index (χ3n) is 3.62. The summed E-state index contributed by atoms with van der Waals surface area (Å²) >= 11 is 3.41. The molecule has 2 aromatic carbocycles. The summed E-state index contributed by atoms with van der Waals surface area (Å²) in [6.45, 7) is 2.49. The average molecular weight is 392 g/mol. The third kappa shape index (κ3) is 5.89. The molecule has 2 rings (SSSR count). The van der Waals surface area contributed by atoms with Gasteiger partial charge in [0.25, 0.3) is 0 Å². The predicted molar refractivity (Wildman–Crippen MR) is 98.4 cm³/mol. The van der Waals surface area contributed by atoms with Crippen molar-refractivity contribution in [1.82, 2.24) is 5.32 Å². The van der Waals surface area contributed by atoms with E-state index in [9.17, 15) is 4.79 Å². The quantitative estimate of drug-likeness (QED) is 0.674. The molecule has 0 aliphatic rings. The molecule has 0 spiro atoms. The molecule has 0 aliphatic heterocycles. The molecule has 1 N–H and O–H groups in total. The van der Waals surface area contributed by atoms with Gasteiger partial charge in [0.15, 0.2) is 0 Å². The highest BCUT2D eigenvalue weighted by atomic mass is 79.9. The van der Waals surface area contributed by atoms with Crippen LogP contribution in [0.1, 0.15) is 31.4 Å². The summed E-state index contributed by atoms with van der Waals surface area (Å²) in [6, 6.07) is 15.4. The minimum atomic E-state index is -0.00638. The molecule has 0 heterocycles. The maximum absolute atomic E-state index is 12.0. The number of carbonyl (C=O) groups excluding carboxylic acids is 1. The van der Waals surface area contributed by atoms with Crippen LogP contribution in [0.4, 0.5) is 0 Å². The highest BCUT2D eigenvalue weighted by Crippen LogP contribution is 2.18. The molecule has 0 unspecified atom stereocenters. The lowest BCUT2D eigenvalue weighted by molar-refractivity contribution is -0.121. The van der Waals surface area contributed by atoms with E-state index in [1.807, 2.05) is 55.5 Å². The standard InChI is InChI=1S/C19H22BrNO3/c1-14(15-5-7-16(20)8-6-15)21-19(22)4-3-13-24-18-11-9-17(23-2)10-12-18/h5-12,14H,3-4,13H2,1-2H3,(H,21,22)/t14-/m1/s1. The zero-order valence-corrected chi connectivity index (χ0v) is 15.5. The van der Waals surface area contributed by atoms with Crippen LogP contribution in [0.15, 0.2) is 53.0 Å². The summed E-state index contributed by atoms with van der Waals surface area (Å²) in [5.41, 5.74) is 1.08. The van der Waals surface area contributed by atoms with Crippen LogP contribution in [0.3, 0.4) is 0 Å². The molecule has 2 aromatic rings. The Balaban J connectivity index is 1.68. The number of amides is 1. The van der Waals surface area contributed by atoms with E-state index in [0.29, 0.717) is 19.4 Å². The summed E-state index contributed by atoms with van der Waals surface area (Å²) in [5.74, 6) is 1.60. The van der Waals surface area contributed by atoms with E-state index >= 15 is 0 Å². The summed E-state index contributed by atoms with van der Waals surface area (Å²) in [6.07, 6.45) is 1.11. The number of rotatable bonds is 8. The molecule has 1 atom stereocenters. The van der Waals surface area contributed by atoms with E-state index in [1.54, 1.807) is 7.11 Å². The first-order valence-electron chi connectivity index (χ1n) is 7.90. The molecule has 5 heteroatoms. The van der Waals surface area contributed by atoms with Crippen molar-refractivity contribution < 1.29 is 14.3 Å². The van der Waals surface area contributed by atoms with E-state index in [0.717, 1.165) is 21.5 Å². The van der Waals surface area contributed by atoms with Gasteiger partial charge < -0.3 is 14.8 Å². The van der Waals surface area contributed by atoms with Gasteiger partial charge in [0.2, 0.25) is 5.91 Å². The van der Waals surface area contributed by atoms with Gasteiger partial charge in [-0.25, -0.2) is 0 Å². The van der Waals surface area contributed by atoms with Gasteiger partial charge in [-0.2, -0.15) is 0 Å². The Hall–Kier alpha value is -2.01. The summed E-state index contributed by atoms with van der Waals surface area (Å²) in [7, 11) is 1.63. The van der Waals surface area contributed by atoms with Crippen LogP contribution >= 0.6 is 15.9 Å². The second-order valence-corrected chi connectivity index (χ2v) is 6.38. The Bertz CT molecular complexity index is 641. The second kappa shape index (κ2) is 9.33. The van der Waals surface area contributed by atoms with Crippen molar-refractivity contribution in [3.05, 3.63) is 58.6 Å². The van der Waals surface area contributed by atoms with E-state index in [2.05, 4.69) is 21.2 Å². The third-order valence-corrected chi connectivity index (χ3v) is 4.15. The fourth-order valence-electron chi connectivity index (χ4n) is 2.24. The number of halogens is 1. The Morgan fingerprint density at radius 2 is 1.71 bits per heavy atom. The number of methoxy groups -OCH3 is 1. The van der Waals surface area contributed by atoms with Gasteiger partial charge in [0.1, 0.15) is 11.5 Å². The number of carbonyl (C=O) groups is 1. The Morgan fingerprint density at radius 1 is 1.08 bits per heavy atom. The SMILES string of the molecule is COc1ccc(OCCCC(=O)N[C@H](C)c2ccc(Br)cc2)cc1. The predicted octanol–water partition coefficient (Wildman–Crippen LogP) is 4.49. The second-order valence-electron chi connectivity index (χ2n) is 5.47. The van der Waals surface area contributed by atoms with E-state index < -0.39 is 0 Å². The fourth-order valence-corrected chi connectivity index (χ4v) is 2.51. The number of benzene rings is 2. The number of hydrogen-bond donors (Lipinski definition) is 1. The molecule has 128 valence electrons. The van der Waals surface area contributed by atoms with E-state index in [1.165, 1.54) is 0 Å². The van der Waals surface area contributed by atoms with Gasteiger partial charge in [0, 0.05) is 10.9 Å². The van der Waals surface area contributed by atoms with Crippen LogP contribution in [-0.2, 0) is 4.79 Å². The van der Waals surface area contributed by atoms with Crippen LogP contribution in [-0.4, -0.2) is 19.6 Å². The summed E-state index contributed by atoms with van der Waals surface area (Å²) in [5, 5.41) is 3.00. The van der Waals surface area contributed by atoms with Gasteiger partial charge in [-0.1, -0.05) is 28.1 Å². The van der Waals surface area contributed by atoms with E-state index in [-0.39, 0.29) is 11.9 Å². The largest absolute Gasteiger partial charge is 0.497 e. The molecular formula is C19H22BrNO3. The first-order chi connectivity index (χ1) is 11.6. The lowest BCUT2D eigenvalue weighted by atomic mass is 10.1. The van der Waals surface area contributed by atoms with Gasteiger partial charge >= 0.3 is 0 Å². The Labute approximate surface area is 151 Å². The maximum Gasteiger partial charge on any atom is 0.220 e. The fraction of sp³-hybridized carbons (Fsp3) is 0.316. The summed E-state index contributed by atoms with van der Waals surface area (Å²) in [4.78, 5) is 12.0. The van der Waals surface area contributed by atoms with Crippen molar-refractivity contribution in [2.24, 2.45) is 0 Å². The van der Waals surface area contributed by atoms with Crippen molar-refractivity contribution in [2.75, 3.05) is 13.7 Å². The molecule has 1 amide bonds. The molecule has 0 aromatic heterocycles. The van der Waals surface area contributed by atoms with Crippen molar-refractivity contribution in [1.29, 1.82) is 0 Å². The minimum Gasteiger partial charge on any atom is -0.497 e. The topological polar surface area (TPSA) is 47.6 Å². The normalized spacial score (nSPS) is 11.6. The Morgan fingerprint density at radius 3 is 2.33 bits per heavy atom. The number of ether oxygens (including phenoxy) is 2. The van der Waals surface area contributed by atoms with Gasteiger partial charge in [-0.15, -0.1) is 0 Å². The minimum absolute atomic E-state index is 0.00638. The molecule has 0 saturated heterocycles. The highest BCUT2D eigenvalue weighted by molar-refractivity contribution is 9.10. The van der Waals surface area contributed by atoms with Crippen LogP contribution in [0.2, 0.25) is 0 Å². The average Bonchev–Trinajstić information content (AvgIpc) is 2.59. The molecule has 0 bridgehead atoms. The first kappa shape index (κ1) is 18.3. The Kier molecular flexibility index (Phi) is 7.12. The molecular weight excluding hydrogens is 370 g/mol. The monoisotopic (exact) mass is 391 g/mol. The van der Waals surface area contributed by atoms with Crippen LogP contribution in [0.5, 0.6) is 11.5 Å². The zero-order chi connectivity index (χ0) is 17.4. The maximum atomic E-state index is 12.0. The van der Waals surface area contributed by atoms with Crippen molar-refractivity contribution in [3.63, 3.8) is 0 Å². The van der Waals surface area contributed by atoms with Crippen LogP contribution in [0, 0.1) is 0 Å². The molecule has 4 nitrogen and oxygen atoms in total. The van der Waals surface area contributed by atoms with Gasteiger partial charge in [-0.05, 0) is 55.3 Å². The summed E-state index contributed by atoms with van der Waals surface area (Å²) < 4.78 is 11.7. The van der Waals surface area contributed by atoms with Crippen LogP contribution < -0.4 is 14.8 Å². The first-order valence-corrected chi connectivity index (χ1v) is 8.69. The molecule has 0 aliphatic carbocycles. The molecule has 0 saturated carbocycles. The number of nitrogens with one attached hydrogen (secondary N) is 1.